The molecule has 3 unspecified atom stereocenters. The lowest BCUT2D eigenvalue weighted by atomic mass is 10.0. The van der Waals surface area contributed by atoms with Gasteiger partial charge in [-0.25, -0.2) is 0 Å². The molecule has 1 heterocycles. The highest BCUT2D eigenvalue weighted by atomic mass is 35.5. The van der Waals surface area contributed by atoms with Gasteiger partial charge in [-0.05, 0) is 44.1 Å². The van der Waals surface area contributed by atoms with Crippen LogP contribution in [0.25, 0.3) is 0 Å². The maximum absolute atomic E-state index is 6.40. The molecule has 0 saturated heterocycles. The molecule has 2 aliphatic rings. The van der Waals surface area contributed by atoms with E-state index in [1.807, 2.05) is 0 Å². The van der Waals surface area contributed by atoms with Crippen molar-refractivity contribution in [3.63, 3.8) is 0 Å². The van der Waals surface area contributed by atoms with E-state index in [2.05, 4.69) is 28.9 Å². The topological polar surface area (TPSA) is 29.9 Å². The van der Waals surface area contributed by atoms with E-state index in [9.17, 15) is 0 Å². The Morgan fingerprint density at radius 1 is 1.37 bits per heavy atom. The van der Waals surface area contributed by atoms with Crippen LogP contribution in [0.2, 0.25) is 5.02 Å². The van der Waals surface area contributed by atoms with Crippen LogP contribution in [0.15, 0.2) is 6.20 Å². The molecule has 19 heavy (non-hydrogen) atoms. The lowest BCUT2D eigenvalue weighted by molar-refractivity contribution is 0.421. The van der Waals surface area contributed by atoms with E-state index >= 15 is 0 Å². The van der Waals surface area contributed by atoms with Crippen molar-refractivity contribution in [1.82, 2.24) is 15.1 Å². The number of aryl methyl sites for hydroxylation is 1. The van der Waals surface area contributed by atoms with Crippen LogP contribution in [0, 0.1) is 17.8 Å². The van der Waals surface area contributed by atoms with Crippen molar-refractivity contribution < 1.29 is 0 Å². The zero-order chi connectivity index (χ0) is 13.4. The molecular weight excluding hydrogens is 258 g/mol. The number of rotatable bonds is 5. The summed E-state index contributed by atoms with van der Waals surface area (Å²) in [5.41, 5.74) is 1.21. The van der Waals surface area contributed by atoms with E-state index in [1.54, 1.807) is 6.20 Å². The van der Waals surface area contributed by atoms with E-state index in [0.29, 0.717) is 6.04 Å². The van der Waals surface area contributed by atoms with Crippen LogP contribution < -0.4 is 5.32 Å². The smallest absolute Gasteiger partial charge is 0.0834 e. The molecule has 4 heteroatoms. The fraction of sp³-hybridized carbons (Fsp3) is 0.800. The Balaban J connectivity index is 1.86. The Kier molecular flexibility index (Phi) is 3.86. The molecule has 106 valence electrons. The first-order valence-electron chi connectivity index (χ1n) is 7.72. The Labute approximate surface area is 120 Å². The number of nitrogens with zero attached hydrogens (tertiary/aromatic N) is 2. The van der Waals surface area contributed by atoms with Crippen molar-refractivity contribution in [2.75, 3.05) is 6.54 Å². The third-order valence-electron chi connectivity index (χ3n) is 4.96. The largest absolute Gasteiger partial charge is 0.309 e. The molecule has 0 spiro atoms. The molecule has 0 amide bonds. The van der Waals surface area contributed by atoms with Crippen LogP contribution in [-0.4, -0.2) is 16.3 Å². The van der Waals surface area contributed by atoms with Crippen molar-refractivity contribution in [1.29, 1.82) is 0 Å². The van der Waals surface area contributed by atoms with Gasteiger partial charge in [0.05, 0.1) is 23.0 Å². The molecule has 2 fully saturated rings. The molecule has 3 rings (SSSR count). The number of fused-ring (bicyclic) bond motifs is 1. The summed E-state index contributed by atoms with van der Waals surface area (Å²) in [6.45, 7) is 6.20. The maximum Gasteiger partial charge on any atom is 0.0834 e. The van der Waals surface area contributed by atoms with E-state index in [-0.39, 0.29) is 0 Å². The summed E-state index contributed by atoms with van der Waals surface area (Å²) >= 11 is 6.40. The lowest BCUT2D eigenvalue weighted by Crippen LogP contribution is -2.26. The van der Waals surface area contributed by atoms with Gasteiger partial charge in [0, 0.05) is 6.54 Å². The van der Waals surface area contributed by atoms with Crippen LogP contribution in [0.3, 0.4) is 0 Å². The summed E-state index contributed by atoms with van der Waals surface area (Å²) in [6, 6.07) is 0.396. The molecule has 0 aliphatic heterocycles. The second kappa shape index (κ2) is 5.45. The molecule has 0 aromatic carbocycles. The zero-order valence-electron chi connectivity index (χ0n) is 11.9. The van der Waals surface area contributed by atoms with Gasteiger partial charge in [0.25, 0.3) is 0 Å². The van der Waals surface area contributed by atoms with Crippen LogP contribution >= 0.6 is 11.6 Å². The van der Waals surface area contributed by atoms with Crippen molar-refractivity contribution >= 4 is 11.6 Å². The van der Waals surface area contributed by atoms with Gasteiger partial charge >= 0.3 is 0 Å². The average Bonchev–Trinajstić information content (AvgIpc) is 3.04. The van der Waals surface area contributed by atoms with E-state index < -0.39 is 0 Å². The van der Waals surface area contributed by atoms with E-state index in [4.69, 9.17) is 11.6 Å². The van der Waals surface area contributed by atoms with Crippen molar-refractivity contribution in [3.8, 4) is 0 Å². The molecule has 2 saturated carbocycles. The van der Waals surface area contributed by atoms with Gasteiger partial charge in [-0.15, -0.1) is 0 Å². The number of hydrogen-bond donors (Lipinski definition) is 1. The van der Waals surface area contributed by atoms with Crippen LogP contribution in [0.5, 0.6) is 0 Å². The van der Waals surface area contributed by atoms with Crippen LogP contribution in [0.4, 0.5) is 0 Å². The summed E-state index contributed by atoms with van der Waals surface area (Å²) in [6.07, 6.45) is 7.45. The molecule has 0 radical (unpaired) electrons. The maximum atomic E-state index is 6.40. The van der Waals surface area contributed by atoms with Crippen molar-refractivity contribution in [2.24, 2.45) is 17.8 Å². The van der Waals surface area contributed by atoms with Gasteiger partial charge < -0.3 is 5.32 Å². The Bertz CT molecular complexity index is 431. The monoisotopic (exact) mass is 281 g/mol. The third-order valence-corrected chi connectivity index (χ3v) is 5.25. The lowest BCUT2D eigenvalue weighted by Gasteiger charge is -2.20. The van der Waals surface area contributed by atoms with Crippen LogP contribution in [-0.2, 0) is 6.54 Å². The van der Waals surface area contributed by atoms with Crippen molar-refractivity contribution in [3.05, 3.63) is 16.9 Å². The van der Waals surface area contributed by atoms with Gasteiger partial charge in [0.2, 0.25) is 0 Å². The summed E-state index contributed by atoms with van der Waals surface area (Å²) in [4.78, 5) is 0. The van der Waals surface area contributed by atoms with Gasteiger partial charge in [0.15, 0.2) is 0 Å². The number of hydrogen-bond acceptors (Lipinski definition) is 2. The minimum absolute atomic E-state index is 0.396. The molecule has 2 aliphatic carbocycles. The average molecular weight is 282 g/mol. The fourth-order valence-electron chi connectivity index (χ4n) is 4.11. The predicted octanol–water partition coefficient (Wildman–Crippen LogP) is 3.64. The van der Waals surface area contributed by atoms with Gasteiger partial charge in [-0.2, -0.15) is 5.10 Å². The summed E-state index contributed by atoms with van der Waals surface area (Å²) in [5.74, 6) is 2.63. The van der Waals surface area contributed by atoms with E-state index in [1.165, 1.54) is 31.4 Å². The molecular formula is C15H24ClN3. The fourth-order valence-corrected chi connectivity index (χ4v) is 4.37. The highest BCUT2D eigenvalue weighted by Crippen LogP contribution is 2.60. The molecule has 3 atom stereocenters. The number of aromatic nitrogens is 2. The first-order chi connectivity index (χ1) is 9.27. The molecule has 1 aromatic heterocycles. The summed E-state index contributed by atoms with van der Waals surface area (Å²) in [5, 5.41) is 8.91. The van der Waals surface area contributed by atoms with Gasteiger partial charge in [-0.3, -0.25) is 4.68 Å². The molecule has 3 nitrogen and oxygen atoms in total. The minimum atomic E-state index is 0.396. The molecule has 1 N–H and O–H groups in total. The minimum Gasteiger partial charge on any atom is -0.309 e. The number of nitrogens with one attached hydrogen (secondary N) is 1. The molecule has 0 bridgehead atoms. The quantitative estimate of drug-likeness (QED) is 0.893. The summed E-state index contributed by atoms with van der Waals surface area (Å²) in [7, 11) is 0. The van der Waals surface area contributed by atoms with E-state index in [0.717, 1.165) is 35.9 Å². The van der Waals surface area contributed by atoms with Crippen molar-refractivity contribution in [2.45, 2.75) is 52.1 Å². The summed E-state index contributed by atoms with van der Waals surface area (Å²) < 4.78 is 2.07. The standard InChI is InChI=1S/C15H24ClN3/c1-3-17-14(13-10-7-5-6-8-11(10)13)15-12(16)9-18-19(15)4-2/h9-11,13-14,17H,3-8H2,1-2H3. The molecule has 1 aromatic rings. The number of halogens is 1. The first kappa shape index (κ1) is 13.4. The highest BCUT2D eigenvalue weighted by molar-refractivity contribution is 6.31. The SMILES string of the molecule is CCNC(c1c(Cl)cnn1CC)C1C2CCCCC21. The Morgan fingerprint density at radius 2 is 2.05 bits per heavy atom. The zero-order valence-corrected chi connectivity index (χ0v) is 12.7. The predicted molar refractivity (Wildman–Crippen MR) is 78.3 cm³/mol. The Hall–Kier alpha value is -0.540. The van der Waals surface area contributed by atoms with Gasteiger partial charge in [0.1, 0.15) is 0 Å². The second-order valence-corrected chi connectivity index (χ2v) is 6.33. The Morgan fingerprint density at radius 3 is 2.63 bits per heavy atom. The highest BCUT2D eigenvalue weighted by Gasteiger charge is 2.55. The second-order valence-electron chi connectivity index (χ2n) is 5.92. The normalized spacial score (nSPS) is 31.0. The van der Waals surface area contributed by atoms with Crippen LogP contribution in [0.1, 0.15) is 51.3 Å². The third kappa shape index (κ3) is 2.31. The first-order valence-corrected chi connectivity index (χ1v) is 8.10. The van der Waals surface area contributed by atoms with Gasteiger partial charge in [-0.1, -0.05) is 31.4 Å².